The van der Waals surface area contributed by atoms with E-state index in [1.165, 1.54) is 31.3 Å². The van der Waals surface area contributed by atoms with Gasteiger partial charge in [-0.15, -0.1) is 0 Å². The molecule has 3 rings (SSSR count). The highest BCUT2D eigenvalue weighted by atomic mass is 19.1. The lowest BCUT2D eigenvalue weighted by atomic mass is 9.95. The average molecular weight is 367 g/mol. The van der Waals surface area contributed by atoms with Crippen LogP contribution in [-0.4, -0.2) is 27.3 Å². The Balaban J connectivity index is 1.73. The standard InChI is InChI=1S/C21H22FN3O2/c1-21(27,16-9-6-10-17(22)12-16)14-23-20(26)18-13-24-25(2)19(18)11-15-7-4-3-5-8-15/h3-10,12-13,27H,11,14H2,1-2H3,(H,23,26). The van der Waals surface area contributed by atoms with E-state index in [9.17, 15) is 14.3 Å². The van der Waals surface area contributed by atoms with Crippen LogP contribution in [0.4, 0.5) is 4.39 Å². The Hall–Kier alpha value is -2.99. The van der Waals surface area contributed by atoms with Crippen molar-refractivity contribution in [3.8, 4) is 0 Å². The fraction of sp³-hybridized carbons (Fsp3) is 0.238. The molecule has 5 nitrogen and oxygen atoms in total. The van der Waals surface area contributed by atoms with Gasteiger partial charge in [0.2, 0.25) is 0 Å². The molecule has 140 valence electrons. The monoisotopic (exact) mass is 367 g/mol. The van der Waals surface area contributed by atoms with Crippen molar-refractivity contribution in [1.29, 1.82) is 0 Å². The minimum Gasteiger partial charge on any atom is -0.384 e. The molecule has 0 spiro atoms. The van der Waals surface area contributed by atoms with Crippen LogP contribution >= 0.6 is 0 Å². The second-order valence-corrected chi connectivity index (χ2v) is 6.76. The second kappa shape index (κ2) is 7.72. The number of benzene rings is 2. The summed E-state index contributed by atoms with van der Waals surface area (Å²) in [5, 5.41) is 17.5. The summed E-state index contributed by atoms with van der Waals surface area (Å²) in [7, 11) is 1.79. The smallest absolute Gasteiger partial charge is 0.254 e. The van der Waals surface area contributed by atoms with Gasteiger partial charge in [0.15, 0.2) is 0 Å². The summed E-state index contributed by atoms with van der Waals surface area (Å²) in [6, 6.07) is 15.5. The molecule has 2 aromatic carbocycles. The van der Waals surface area contributed by atoms with E-state index in [0.29, 0.717) is 17.5 Å². The SMILES string of the molecule is Cn1ncc(C(=O)NCC(C)(O)c2cccc(F)c2)c1Cc1ccccc1. The van der Waals surface area contributed by atoms with E-state index < -0.39 is 11.4 Å². The number of aromatic nitrogens is 2. The third kappa shape index (κ3) is 4.41. The van der Waals surface area contributed by atoms with E-state index in [1.807, 2.05) is 30.3 Å². The summed E-state index contributed by atoms with van der Waals surface area (Å²) < 4.78 is 15.1. The van der Waals surface area contributed by atoms with Crippen LogP contribution < -0.4 is 5.32 Å². The number of nitrogens with one attached hydrogen (secondary N) is 1. The topological polar surface area (TPSA) is 67.2 Å². The van der Waals surface area contributed by atoms with Crippen molar-refractivity contribution in [2.24, 2.45) is 7.05 Å². The molecule has 0 fully saturated rings. The predicted molar refractivity (Wildman–Crippen MR) is 101 cm³/mol. The number of carbonyl (C=O) groups is 1. The molecule has 1 heterocycles. The van der Waals surface area contributed by atoms with Crippen molar-refractivity contribution in [3.63, 3.8) is 0 Å². The number of hydrogen-bond acceptors (Lipinski definition) is 3. The zero-order chi connectivity index (χ0) is 19.4. The number of rotatable bonds is 6. The van der Waals surface area contributed by atoms with Crippen molar-refractivity contribution in [2.75, 3.05) is 6.54 Å². The third-order valence-electron chi connectivity index (χ3n) is 4.56. The largest absolute Gasteiger partial charge is 0.384 e. The van der Waals surface area contributed by atoms with E-state index in [1.54, 1.807) is 17.8 Å². The molecule has 0 aliphatic carbocycles. The van der Waals surface area contributed by atoms with E-state index in [4.69, 9.17) is 0 Å². The molecule has 0 bridgehead atoms. The molecule has 6 heteroatoms. The molecule has 0 saturated heterocycles. The minimum absolute atomic E-state index is 0.0467. The predicted octanol–water partition coefficient (Wildman–Crippen LogP) is 2.79. The summed E-state index contributed by atoms with van der Waals surface area (Å²) in [4.78, 5) is 12.7. The number of nitrogens with zero attached hydrogens (tertiary/aromatic N) is 2. The van der Waals surface area contributed by atoms with Gasteiger partial charge in [-0.05, 0) is 30.2 Å². The van der Waals surface area contributed by atoms with Crippen molar-refractivity contribution in [2.45, 2.75) is 18.9 Å². The van der Waals surface area contributed by atoms with Crippen LogP contribution in [-0.2, 0) is 19.1 Å². The van der Waals surface area contributed by atoms with Crippen LogP contribution in [0.15, 0.2) is 60.8 Å². The summed E-state index contributed by atoms with van der Waals surface area (Å²) in [6.45, 7) is 1.49. The molecule has 27 heavy (non-hydrogen) atoms. The van der Waals surface area contributed by atoms with E-state index in [-0.39, 0.29) is 12.5 Å². The molecule has 1 aromatic heterocycles. The van der Waals surface area contributed by atoms with Gasteiger partial charge in [0, 0.05) is 13.5 Å². The molecule has 0 saturated carbocycles. The molecule has 0 aliphatic rings. The maximum absolute atomic E-state index is 13.4. The van der Waals surface area contributed by atoms with Crippen molar-refractivity contribution < 1.29 is 14.3 Å². The summed E-state index contributed by atoms with van der Waals surface area (Å²) in [5.74, 6) is -0.762. The van der Waals surface area contributed by atoms with Gasteiger partial charge in [-0.1, -0.05) is 42.5 Å². The van der Waals surface area contributed by atoms with Crippen LogP contribution in [0, 0.1) is 5.82 Å². The minimum atomic E-state index is -1.39. The Morgan fingerprint density at radius 1 is 1.22 bits per heavy atom. The number of aryl methyl sites for hydroxylation is 1. The Kier molecular flexibility index (Phi) is 5.37. The molecule has 3 aromatic rings. The van der Waals surface area contributed by atoms with Gasteiger partial charge < -0.3 is 10.4 Å². The van der Waals surface area contributed by atoms with Gasteiger partial charge in [0.05, 0.1) is 24.0 Å². The van der Waals surface area contributed by atoms with Gasteiger partial charge in [-0.2, -0.15) is 5.10 Å². The number of hydrogen-bond donors (Lipinski definition) is 2. The highest BCUT2D eigenvalue weighted by Crippen LogP contribution is 2.21. The number of carbonyl (C=O) groups excluding carboxylic acids is 1. The first-order chi connectivity index (χ1) is 12.9. The molecule has 1 amide bonds. The van der Waals surface area contributed by atoms with E-state index >= 15 is 0 Å². The van der Waals surface area contributed by atoms with Gasteiger partial charge in [-0.3, -0.25) is 9.48 Å². The van der Waals surface area contributed by atoms with Crippen LogP contribution in [0.1, 0.15) is 34.1 Å². The third-order valence-corrected chi connectivity index (χ3v) is 4.56. The molecular weight excluding hydrogens is 345 g/mol. The van der Waals surface area contributed by atoms with Crippen LogP contribution in [0.3, 0.4) is 0 Å². The van der Waals surface area contributed by atoms with E-state index in [0.717, 1.165) is 11.3 Å². The molecule has 0 radical (unpaired) electrons. The lowest BCUT2D eigenvalue weighted by Crippen LogP contribution is -2.38. The van der Waals surface area contributed by atoms with Gasteiger partial charge in [0.25, 0.3) is 5.91 Å². The lowest BCUT2D eigenvalue weighted by Gasteiger charge is -2.24. The summed E-state index contributed by atoms with van der Waals surface area (Å²) in [6.07, 6.45) is 2.09. The maximum atomic E-state index is 13.4. The molecule has 1 atom stereocenters. The zero-order valence-corrected chi connectivity index (χ0v) is 15.3. The number of halogens is 1. The number of aliphatic hydroxyl groups is 1. The first-order valence-corrected chi connectivity index (χ1v) is 8.68. The fourth-order valence-corrected chi connectivity index (χ4v) is 2.92. The fourth-order valence-electron chi connectivity index (χ4n) is 2.92. The average Bonchev–Trinajstić information content (AvgIpc) is 3.01. The highest BCUT2D eigenvalue weighted by molar-refractivity contribution is 5.95. The van der Waals surface area contributed by atoms with Crippen LogP contribution in [0.25, 0.3) is 0 Å². The van der Waals surface area contributed by atoms with Crippen molar-refractivity contribution >= 4 is 5.91 Å². The first-order valence-electron chi connectivity index (χ1n) is 8.68. The van der Waals surface area contributed by atoms with Crippen molar-refractivity contribution in [1.82, 2.24) is 15.1 Å². The lowest BCUT2D eigenvalue weighted by molar-refractivity contribution is 0.0523. The quantitative estimate of drug-likeness (QED) is 0.704. The molecular formula is C21H22FN3O2. The van der Waals surface area contributed by atoms with Crippen LogP contribution in [0.5, 0.6) is 0 Å². The normalized spacial score (nSPS) is 13.2. The van der Waals surface area contributed by atoms with Gasteiger partial charge in [0.1, 0.15) is 11.4 Å². The van der Waals surface area contributed by atoms with Crippen LogP contribution in [0.2, 0.25) is 0 Å². The maximum Gasteiger partial charge on any atom is 0.254 e. The molecule has 1 unspecified atom stereocenters. The zero-order valence-electron chi connectivity index (χ0n) is 15.3. The van der Waals surface area contributed by atoms with Gasteiger partial charge >= 0.3 is 0 Å². The van der Waals surface area contributed by atoms with Gasteiger partial charge in [-0.25, -0.2) is 4.39 Å². The summed E-state index contributed by atoms with van der Waals surface area (Å²) in [5.41, 5.74) is 1.32. The Morgan fingerprint density at radius 3 is 2.67 bits per heavy atom. The Morgan fingerprint density at radius 2 is 1.96 bits per heavy atom. The van der Waals surface area contributed by atoms with Crippen molar-refractivity contribution in [3.05, 3.63) is 89.0 Å². The molecule has 0 aliphatic heterocycles. The summed E-state index contributed by atoms with van der Waals surface area (Å²) >= 11 is 0. The highest BCUT2D eigenvalue weighted by Gasteiger charge is 2.25. The first kappa shape index (κ1) is 18.8. The number of amides is 1. The molecule has 2 N–H and O–H groups in total. The second-order valence-electron chi connectivity index (χ2n) is 6.76. The Bertz CT molecular complexity index is 936. The van der Waals surface area contributed by atoms with E-state index in [2.05, 4.69) is 10.4 Å². The Labute approximate surface area is 157 Å².